The second-order valence-electron chi connectivity index (χ2n) is 7.58. The zero-order valence-electron chi connectivity index (χ0n) is 18.5. The van der Waals surface area contributed by atoms with E-state index in [1.165, 1.54) is 4.90 Å². The molecule has 2 aromatic carbocycles. The lowest BCUT2D eigenvalue weighted by molar-refractivity contribution is -0.139. The van der Waals surface area contributed by atoms with Gasteiger partial charge in [-0.2, -0.15) is 0 Å². The van der Waals surface area contributed by atoms with E-state index in [-0.39, 0.29) is 19.0 Å². The number of carbonyl (C=O) groups is 2. The van der Waals surface area contributed by atoms with Crippen LogP contribution in [0.4, 0.5) is 5.69 Å². The van der Waals surface area contributed by atoms with Gasteiger partial charge in [0.1, 0.15) is 12.6 Å². The van der Waals surface area contributed by atoms with Crippen molar-refractivity contribution in [3.05, 3.63) is 65.7 Å². The van der Waals surface area contributed by atoms with Crippen molar-refractivity contribution < 1.29 is 18.0 Å². The second-order valence-corrected chi connectivity index (χ2v) is 9.49. The van der Waals surface area contributed by atoms with E-state index in [1.807, 2.05) is 38.1 Å². The van der Waals surface area contributed by atoms with Crippen LogP contribution in [0.5, 0.6) is 0 Å². The summed E-state index contributed by atoms with van der Waals surface area (Å²) in [5, 5.41) is 2.82. The summed E-state index contributed by atoms with van der Waals surface area (Å²) < 4.78 is 25.9. The molecule has 0 aromatic heterocycles. The van der Waals surface area contributed by atoms with E-state index in [4.69, 9.17) is 0 Å². The van der Waals surface area contributed by atoms with Crippen molar-refractivity contribution in [3.8, 4) is 0 Å². The van der Waals surface area contributed by atoms with Crippen LogP contribution in [0.2, 0.25) is 0 Å². The first-order valence-corrected chi connectivity index (χ1v) is 12.1. The Labute approximate surface area is 185 Å². The number of sulfonamides is 1. The van der Waals surface area contributed by atoms with Crippen LogP contribution in [0, 0.1) is 6.92 Å². The highest BCUT2D eigenvalue weighted by Crippen LogP contribution is 2.18. The number of amides is 2. The summed E-state index contributed by atoms with van der Waals surface area (Å²) in [6.45, 7) is 5.88. The third-order valence-corrected chi connectivity index (χ3v) is 6.02. The van der Waals surface area contributed by atoms with Crippen LogP contribution in [-0.4, -0.2) is 50.5 Å². The summed E-state index contributed by atoms with van der Waals surface area (Å²) >= 11 is 0. The molecule has 2 rings (SSSR count). The largest absolute Gasteiger partial charge is 0.354 e. The number of benzene rings is 2. The molecule has 0 aliphatic carbocycles. The molecule has 8 heteroatoms. The summed E-state index contributed by atoms with van der Waals surface area (Å²) in [6, 6.07) is 15.4. The molecule has 0 radical (unpaired) electrons. The summed E-state index contributed by atoms with van der Waals surface area (Å²) in [6.07, 6.45) is 1.84. The maximum absolute atomic E-state index is 13.3. The van der Waals surface area contributed by atoms with Gasteiger partial charge in [-0.3, -0.25) is 13.9 Å². The molecule has 0 spiro atoms. The molecule has 168 valence electrons. The number of carbonyl (C=O) groups excluding carboxylic acids is 2. The zero-order chi connectivity index (χ0) is 23.0. The Morgan fingerprint density at radius 1 is 1.06 bits per heavy atom. The lowest BCUT2D eigenvalue weighted by Crippen LogP contribution is -2.51. The van der Waals surface area contributed by atoms with Gasteiger partial charge in [0.05, 0.1) is 11.9 Å². The minimum atomic E-state index is -3.70. The first-order chi connectivity index (χ1) is 14.6. The SMILES string of the molecule is CCCNC(=O)C(C)N(Cc1cccc(C)c1)C(=O)CN(c1ccccc1)S(C)(=O)=O. The van der Waals surface area contributed by atoms with Crippen LogP contribution in [0.15, 0.2) is 54.6 Å². The number of nitrogens with one attached hydrogen (secondary N) is 1. The summed E-state index contributed by atoms with van der Waals surface area (Å²) in [7, 11) is -3.70. The van der Waals surface area contributed by atoms with Gasteiger partial charge in [-0.05, 0) is 38.0 Å². The summed E-state index contributed by atoms with van der Waals surface area (Å²) in [5.41, 5.74) is 2.31. The van der Waals surface area contributed by atoms with Gasteiger partial charge in [0, 0.05) is 13.1 Å². The molecule has 31 heavy (non-hydrogen) atoms. The van der Waals surface area contributed by atoms with E-state index in [0.717, 1.165) is 28.1 Å². The smallest absolute Gasteiger partial charge is 0.244 e. The minimum Gasteiger partial charge on any atom is -0.354 e. The molecule has 0 aliphatic heterocycles. The van der Waals surface area contributed by atoms with Gasteiger partial charge in [0.15, 0.2) is 0 Å². The molecule has 0 fully saturated rings. The predicted octanol–water partition coefficient (Wildman–Crippen LogP) is 2.70. The van der Waals surface area contributed by atoms with E-state index in [2.05, 4.69) is 5.32 Å². The fourth-order valence-electron chi connectivity index (χ4n) is 3.19. The number of nitrogens with zero attached hydrogens (tertiary/aromatic N) is 2. The van der Waals surface area contributed by atoms with Crippen molar-refractivity contribution in [1.82, 2.24) is 10.2 Å². The molecular weight excluding hydrogens is 414 g/mol. The van der Waals surface area contributed by atoms with Gasteiger partial charge in [0.25, 0.3) is 0 Å². The monoisotopic (exact) mass is 445 g/mol. The molecule has 2 aromatic rings. The van der Waals surface area contributed by atoms with Crippen molar-refractivity contribution in [1.29, 1.82) is 0 Å². The Morgan fingerprint density at radius 3 is 2.32 bits per heavy atom. The molecule has 1 N–H and O–H groups in total. The first-order valence-electron chi connectivity index (χ1n) is 10.3. The highest BCUT2D eigenvalue weighted by atomic mass is 32.2. The van der Waals surface area contributed by atoms with E-state index in [1.54, 1.807) is 37.3 Å². The summed E-state index contributed by atoms with van der Waals surface area (Å²) in [5.74, 6) is -0.719. The Morgan fingerprint density at radius 2 is 1.74 bits per heavy atom. The number of para-hydroxylation sites is 1. The van der Waals surface area contributed by atoms with Crippen LogP contribution < -0.4 is 9.62 Å². The third-order valence-electron chi connectivity index (χ3n) is 4.88. The van der Waals surface area contributed by atoms with E-state index in [0.29, 0.717) is 12.2 Å². The normalized spacial score (nSPS) is 12.1. The molecule has 0 saturated carbocycles. The van der Waals surface area contributed by atoms with Crippen molar-refractivity contribution in [3.63, 3.8) is 0 Å². The number of rotatable bonds is 10. The lowest BCUT2D eigenvalue weighted by atomic mass is 10.1. The van der Waals surface area contributed by atoms with Crippen LogP contribution >= 0.6 is 0 Å². The standard InChI is InChI=1S/C23H31N3O4S/c1-5-14-24-23(28)19(3)25(16-20-11-9-10-18(2)15-20)22(27)17-26(31(4,29)30)21-12-7-6-8-13-21/h6-13,15,19H,5,14,16-17H2,1-4H3,(H,24,28). The molecule has 0 heterocycles. The number of anilines is 1. The number of hydrogen-bond acceptors (Lipinski definition) is 4. The van der Waals surface area contributed by atoms with Gasteiger partial charge in [0.2, 0.25) is 21.8 Å². The van der Waals surface area contributed by atoms with Crippen LogP contribution in [-0.2, 0) is 26.2 Å². The Bertz CT molecular complexity index is 993. The Hall–Kier alpha value is -2.87. The fourth-order valence-corrected chi connectivity index (χ4v) is 4.04. The third kappa shape index (κ3) is 7.10. The van der Waals surface area contributed by atoms with Crippen LogP contribution in [0.25, 0.3) is 0 Å². The highest BCUT2D eigenvalue weighted by Gasteiger charge is 2.29. The Balaban J connectivity index is 2.34. The maximum Gasteiger partial charge on any atom is 0.244 e. The zero-order valence-corrected chi connectivity index (χ0v) is 19.4. The molecule has 2 amide bonds. The quantitative estimate of drug-likeness (QED) is 0.609. The van der Waals surface area contributed by atoms with E-state index in [9.17, 15) is 18.0 Å². The van der Waals surface area contributed by atoms with Crippen LogP contribution in [0.3, 0.4) is 0 Å². The van der Waals surface area contributed by atoms with Gasteiger partial charge >= 0.3 is 0 Å². The predicted molar refractivity (Wildman–Crippen MR) is 123 cm³/mol. The topological polar surface area (TPSA) is 86.8 Å². The van der Waals surface area contributed by atoms with Crippen molar-refractivity contribution in [2.45, 2.75) is 39.8 Å². The average molecular weight is 446 g/mol. The molecule has 7 nitrogen and oxygen atoms in total. The lowest BCUT2D eigenvalue weighted by Gasteiger charge is -2.31. The van der Waals surface area contributed by atoms with Gasteiger partial charge < -0.3 is 10.2 Å². The van der Waals surface area contributed by atoms with Crippen molar-refractivity contribution in [2.75, 3.05) is 23.7 Å². The first kappa shape index (κ1) is 24.4. The van der Waals surface area contributed by atoms with Crippen molar-refractivity contribution >= 4 is 27.5 Å². The number of aryl methyl sites for hydroxylation is 1. The Kier molecular flexibility index (Phi) is 8.62. The fraction of sp³-hybridized carbons (Fsp3) is 0.391. The van der Waals surface area contributed by atoms with Crippen molar-refractivity contribution in [2.24, 2.45) is 0 Å². The van der Waals surface area contributed by atoms with E-state index >= 15 is 0 Å². The number of hydrogen-bond donors (Lipinski definition) is 1. The molecule has 0 aliphatic rings. The molecular formula is C23H31N3O4S. The minimum absolute atomic E-state index is 0.202. The summed E-state index contributed by atoms with van der Waals surface area (Å²) in [4.78, 5) is 27.4. The molecule has 0 bridgehead atoms. The van der Waals surface area contributed by atoms with Crippen LogP contribution in [0.1, 0.15) is 31.4 Å². The molecule has 0 saturated heterocycles. The average Bonchev–Trinajstić information content (AvgIpc) is 2.73. The molecule has 1 unspecified atom stereocenters. The molecule has 1 atom stereocenters. The van der Waals surface area contributed by atoms with Gasteiger partial charge in [-0.15, -0.1) is 0 Å². The van der Waals surface area contributed by atoms with Gasteiger partial charge in [-0.25, -0.2) is 8.42 Å². The van der Waals surface area contributed by atoms with E-state index < -0.39 is 22.0 Å². The maximum atomic E-state index is 13.3. The highest BCUT2D eigenvalue weighted by molar-refractivity contribution is 7.92. The van der Waals surface area contributed by atoms with Gasteiger partial charge in [-0.1, -0.05) is 55.0 Å². The second kappa shape index (κ2) is 10.9.